The van der Waals surface area contributed by atoms with E-state index in [2.05, 4.69) is 27.7 Å². The third-order valence-corrected chi connectivity index (χ3v) is 3.62. The van der Waals surface area contributed by atoms with Gasteiger partial charge in [0.2, 0.25) is 0 Å². The maximum Gasteiger partial charge on any atom is -0.0326 e. The quantitative estimate of drug-likeness (QED) is 0.392. The Kier molecular flexibility index (Phi) is 9.24. The molecule has 1 atom stereocenters. The lowest BCUT2D eigenvalue weighted by Gasteiger charge is -2.29. The minimum absolute atomic E-state index is 0.651. The molecular weight excluding hydrogens is 180 g/mol. The lowest BCUT2D eigenvalue weighted by Crippen LogP contribution is -2.16. The van der Waals surface area contributed by atoms with E-state index in [1.807, 2.05) is 0 Å². The summed E-state index contributed by atoms with van der Waals surface area (Å²) in [5.74, 6) is 0. The number of unbranched alkanes of at least 4 members (excludes halogenated alkanes) is 4. The topological polar surface area (TPSA) is 0 Å². The van der Waals surface area contributed by atoms with Crippen LogP contribution in [0.3, 0.4) is 0 Å². The highest BCUT2D eigenvalue weighted by Crippen LogP contribution is 2.35. The molecule has 0 heterocycles. The largest absolute Gasteiger partial charge is 0.0654 e. The molecular formula is C15H32. The Balaban J connectivity index is 3.78. The lowest BCUT2D eigenvalue weighted by molar-refractivity contribution is 0.231. The van der Waals surface area contributed by atoms with Crippen molar-refractivity contribution < 1.29 is 0 Å². The SMILES string of the molecule is CCCCCCC(C)(CCC)CCCC. The van der Waals surface area contributed by atoms with Crippen LogP contribution < -0.4 is 0 Å². The van der Waals surface area contributed by atoms with Crippen molar-refractivity contribution in [2.24, 2.45) is 5.41 Å². The van der Waals surface area contributed by atoms with E-state index in [-0.39, 0.29) is 0 Å². The molecule has 0 aromatic rings. The zero-order valence-corrected chi connectivity index (χ0v) is 11.6. The Hall–Kier alpha value is 0. The van der Waals surface area contributed by atoms with E-state index in [0.29, 0.717) is 5.41 Å². The molecule has 0 saturated carbocycles. The van der Waals surface area contributed by atoms with Gasteiger partial charge >= 0.3 is 0 Å². The van der Waals surface area contributed by atoms with Crippen LogP contribution in [0.4, 0.5) is 0 Å². The maximum atomic E-state index is 2.51. The molecule has 0 aliphatic rings. The third-order valence-electron chi connectivity index (χ3n) is 3.62. The van der Waals surface area contributed by atoms with Crippen molar-refractivity contribution in [3.05, 3.63) is 0 Å². The first kappa shape index (κ1) is 15.0. The summed E-state index contributed by atoms with van der Waals surface area (Å²) in [5.41, 5.74) is 0.651. The molecule has 92 valence electrons. The van der Waals surface area contributed by atoms with E-state index < -0.39 is 0 Å². The molecule has 0 nitrogen and oxygen atoms in total. The van der Waals surface area contributed by atoms with Crippen LogP contribution in [-0.4, -0.2) is 0 Å². The van der Waals surface area contributed by atoms with Crippen molar-refractivity contribution in [3.8, 4) is 0 Å². The van der Waals surface area contributed by atoms with Gasteiger partial charge < -0.3 is 0 Å². The molecule has 0 radical (unpaired) electrons. The molecule has 0 aliphatic carbocycles. The monoisotopic (exact) mass is 212 g/mol. The summed E-state index contributed by atoms with van der Waals surface area (Å²) in [6.45, 7) is 9.44. The molecule has 0 aromatic carbocycles. The summed E-state index contributed by atoms with van der Waals surface area (Å²) in [6.07, 6.45) is 14.2. The van der Waals surface area contributed by atoms with Crippen LogP contribution in [0.5, 0.6) is 0 Å². The normalized spacial score (nSPS) is 15.2. The van der Waals surface area contributed by atoms with Crippen LogP contribution in [0.15, 0.2) is 0 Å². The number of hydrogen-bond donors (Lipinski definition) is 0. The van der Waals surface area contributed by atoms with E-state index in [0.717, 1.165) is 0 Å². The molecule has 0 saturated heterocycles. The van der Waals surface area contributed by atoms with Crippen molar-refractivity contribution in [1.82, 2.24) is 0 Å². The first-order valence-corrected chi connectivity index (χ1v) is 7.18. The second kappa shape index (κ2) is 9.24. The van der Waals surface area contributed by atoms with Gasteiger partial charge in [-0.05, 0) is 24.7 Å². The number of rotatable bonds is 10. The Labute approximate surface area is 97.8 Å². The molecule has 15 heavy (non-hydrogen) atoms. The summed E-state index contributed by atoms with van der Waals surface area (Å²) in [6, 6.07) is 0. The molecule has 0 bridgehead atoms. The van der Waals surface area contributed by atoms with Gasteiger partial charge in [0, 0.05) is 0 Å². The van der Waals surface area contributed by atoms with Gasteiger partial charge in [-0.3, -0.25) is 0 Å². The van der Waals surface area contributed by atoms with E-state index in [1.165, 1.54) is 64.2 Å². The summed E-state index contributed by atoms with van der Waals surface area (Å²) in [4.78, 5) is 0. The number of hydrogen-bond acceptors (Lipinski definition) is 0. The van der Waals surface area contributed by atoms with Crippen LogP contribution >= 0.6 is 0 Å². The van der Waals surface area contributed by atoms with E-state index in [9.17, 15) is 0 Å². The van der Waals surface area contributed by atoms with Crippen LogP contribution in [-0.2, 0) is 0 Å². The average molecular weight is 212 g/mol. The highest BCUT2D eigenvalue weighted by molar-refractivity contribution is 4.73. The first-order valence-electron chi connectivity index (χ1n) is 7.18. The van der Waals surface area contributed by atoms with Crippen molar-refractivity contribution >= 4 is 0 Å². The molecule has 0 amide bonds. The van der Waals surface area contributed by atoms with Crippen LogP contribution in [0.1, 0.15) is 91.9 Å². The predicted octanol–water partition coefficient (Wildman–Crippen LogP) is 5.95. The molecule has 0 spiro atoms. The molecule has 0 fully saturated rings. The van der Waals surface area contributed by atoms with Gasteiger partial charge in [0.05, 0.1) is 0 Å². The van der Waals surface area contributed by atoms with Gasteiger partial charge in [0.25, 0.3) is 0 Å². The minimum Gasteiger partial charge on any atom is -0.0654 e. The van der Waals surface area contributed by atoms with Gasteiger partial charge in [0.15, 0.2) is 0 Å². The standard InChI is InChI=1S/C15H32/c1-5-8-10-11-14-15(4,12-7-3)13-9-6-2/h5-14H2,1-4H3. The van der Waals surface area contributed by atoms with E-state index >= 15 is 0 Å². The fourth-order valence-corrected chi connectivity index (χ4v) is 2.56. The summed E-state index contributed by atoms with van der Waals surface area (Å²) in [5, 5.41) is 0. The van der Waals surface area contributed by atoms with Gasteiger partial charge in [-0.25, -0.2) is 0 Å². The van der Waals surface area contributed by atoms with Crippen molar-refractivity contribution in [2.45, 2.75) is 91.9 Å². The van der Waals surface area contributed by atoms with Crippen molar-refractivity contribution in [3.63, 3.8) is 0 Å². The highest BCUT2D eigenvalue weighted by Gasteiger charge is 2.21. The molecule has 0 aromatic heterocycles. The van der Waals surface area contributed by atoms with E-state index in [1.54, 1.807) is 0 Å². The van der Waals surface area contributed by atoms with E-state index in [4.69, 9.17) is 0 Å². The average Bonchev–Trinajstić information content (AvgIpc) is 2.22. The van der Waals surface area contributed by atoms with Gasteiger partial charge in [0.1, 0.15) is 0 Å². The summed E-state index contributed by atoms with van der Waals surface area (Å²) >= 11 is 0. The maximum absolute atomic E-state index is 2.51. The minimum atomic E-state index is 0.651. The third kappa shape index (κ3) is 7.88. The first-order chi connectivity index (χ1) is 7.18. The summed E-state index contributed by atoms with van der Waals surface area (Å²) < 4.78 is 0. The Bertz CT molecular complexity index is 128. The zero-order valence-electron chi connectivity index (χ0n) is 11.6. The summed E-state index contributed by atoms with van der Waals surface area (Å²) in [7, 11) is 0. The fraction of sp³-hybridized carbons (Fsp3) is 1.00. The van der Waals surface area contributed by atoms with Crippen molar-refractivity contribution in [2.75, 3.05) is 0 Å². The second-order valence-corrected chi connectivity index (χ2v) is 5.47. The van der Waals surface area contributed by atoms with Gasteiger partial charge in [-0.1, -0.05) is 72.6 Å². The van der Waals surface area contributed by atoms with Crippen molar-refractivity contribution in [1.29, 1.82) is 0 Å². The Morgan fingerprint density at radius 1 is 0.600 bits per heavy atom. The van der Waals surface area contributed by atoms with Crippen LogP contribution in [0, 0.1) is 5.41 Å². The van der Waals surface area contributed by atoms with Crippen LogP contribution in [0.2, 0.25) is 0 Å². The lowest BCUT2D eigenvalue weighted by atomic mass is 9.76. The smallest absolute Gasteiger partial charge is 0.0326 e. The Morgan fingerprint density at radius 2 is 1.20 bits per heavy atom. The molecule has 0 aliphatic heterocycles. The fourth-order valence-electron chi connectivity index (χ4n) is 2.56. The molecule has 0 rings (SSSR count). The molecule has 0 N–H and O–H groups in total. The molecule has 1 unspecified atom stereocenters. The Morgan fingerprint density at radius 3 is 1.73 bits per heavy atom. The predicted molar refractivity (Wildman–Crippen MR) is 71.3 cm³/mol. The molecule has 0 heteroatoms. The van der Waals surface area contributed by atoms with Gasteiger partial charge in [-0.2, -0.15) is 0 Å². The second-order valence-electron chi connectivity index (χ2n) is 5.47. The highest BCUT2D eigenvalue weighted by atomic mass is 14.3. The van der Waals surface area contributed by atoms with Gasteiger partial charge in [-0.15, -0.1) is 0 Å². The van der Waals surface area contributed by atoms with Crippen LogP contribution in [0.25, 0.3) is 0 Å². The zero-order chi connectivity index (χ0) is 11.6.